The van der Waals surface area contributed by atoms with Crippen LogP contribution in [-0.4, -0.2) is 29.4 Å². The smallest absolute Gasteiger partial charge is 0.242 e. The van der Waals surface area contributed by atoms with Gasteiger partial charge in [0.15, 0.2) is 0 Å². The Labute approximate surface area is 116 Å². The number of benzene rings is 1. The van der Waals surface area contributed by atoms with Gasteiger partial charge in [0, 0.05) is 13.1 Å². The predicted octanol–water partition coefficient (Wildman–Crippen LogP) is 2.59. The maximum absolute atomic E-state index is 12.7. The molecular formula is C16H24N2O. The Bertz CT molecular complexity index is 441. The van der Waals surface area contributed by atoms with Gasteiger partial charge in [-0.05, 0) is 32.3 Å². The van der Waals surface area contributed by atoms with E-state index >= 15 is 0 Å². The summed E-state index contributed by atoms with van der Waals surface area (Å²) < 4.78 is 0. The van der Waals surface area contributed by atoms with Crippen LogP contribution < -0.4 is 5.32 Å². The van der Waals surface area contributed by atoms with Crippen molar-refractivity contribution >= 4 is 5.91 Å². The summed E-state index contributed by atoms with van der Waals surface area (Å²) in [6.07, 6.45) is 0. The lowest BCUT2D eigenvalue weighted by atomic mass is 10.0. The predicted molar refractivity (Wildman–Crippen MR) is 77.8 cm³/mol. The van der Waals surface area contributed by atoms with Crippen molar-refractivity contribution in [2.45, 2.75) is 39.3 Å². The second kappa shape index (κ2) is 5.33. The molecule has 1 fully saturated rings. The summed E-state index contributed by atoms with van der Waals surface area (Å²) >= 11 is 0. The fourth-order valence-electron chi connectivity index (χ4n) is 2.59. The van der Waals surface area contributed by atoms with Gasteiger partial charge in [-0.3, -0.25) is 4.79 Å². The van der Waals surface area contributed by atoms with Gasteiger partial charge in [0.25, 0.3) is 0 Å². The lowest BCUT2D eigenvalue weighted by Gasteiger charge is -2.34. The monoisotopic (exact) mass is 260 g/mol. The topological polar surface area (TPSA) is 32.3 Å². The van der Waals surface area contributed by atoms with Crippen molar-refractivity contribution in [1.82, 2.24) is 10.2 Å². The molecule has 2 atom stereocenters. The Hall–Kier alpha value is -1.35. The van der Waals surface area contributed by atoms with Crippen LogP contribution in [0.2, 0.25) is 0 Å². The molecule has 1 amide bonds. The Kier molecular flexibility index (Phi) is 3.95. The molecule has 3 nitrogen and oxygen atoms in total. The lowest BCUT2D eigenvalue weighted by molar-refractivity contribution is -0.138. The van der Waals surface area contributed by atoms with Gasteiger partial charge in [0.1, 0.15) is 0 Å². The number of hydrogen-bond donors (Lipinski definition) is 1. The molecule has 1 aromatic rings. The average molecular weight is 260 g/mol. The maximum atomic E-state index is 12.7. The van der Waals surface area contributed by atoms with Gasteiger partial charge in [0.05, 0.1) is 11.6 Å². The Morgan fingerprint density at radius 1 is 1.32 bits per heavy atom. The first kappa shape index (κ1) is 14.1. The third-order valence-electron chi connectivity index (χ3n) is 3.95. The van der Waals surface area contributed by atoms with Gasteiger partial charge in [0.2, 0.25) is 5.91 Å². The first-order chi connectivity index (χ1) is 8.92. The van der Waals surface area contributed by atoms with Crippen LogP contribution in [0.25, 0.3) is 0 Å². The molecule has 0 radical (unpaired) electrons. The highest BCUT2D eigenvalue weighted by Gasteiger charge is 2.37. The third kappa shape index (κ3) is 2.98. The Morgan fingerprint density at radius 3 is 2.58 bits per heavy atom. The van der Waals surface area contributed by atoms with Crippen molar-refractivity contribution < 1.29 is 4.79 Å². The summed E-state index contributed by atoms with van der Waals surface area (Å²) in [5.41, 5.74) is 0.717. The standard InChI is InChI=1S/C16H24N2O/c1-12-10-17-16(3,4)15(19)18(11-12)13(2)14-8-6-5-7-9-14/h5-9,12-13,17H,10-11H2,1-4H3. The SMILES string of the molecule is CC1CNC(C)(C)C(=O)N(C(C)c2ccccc2)C1. The van der Waals surface area contributed by atoms with Gasteiger partial charge < -0.3 is 10.2 Å². The molecule has 1 saturated heterocycles. The van der Waals surface area contributed by atoms with Crippen LogP contribution in [0, 0.1) is 5.92 Å². The first-order valence-electron chi connectivity index (χ1n) is 7.03. The number of carbonyl (C=O) groups excluding carboxylic acids is 1. The highest BCUT2D eigenvalue weighted by atomic mass is 16.2. The molecule has 0 aromatic heterocycles. The van der Waals surface area contributed by atoms with Crippen LogP contribution in [0.15, 0.2) is 30.3 Å². The summed E-state index contributed by atoms with van der Waals surface area (Å²) in [5.74, 6) is 0.657. The molecule has 104 valence electrons. The van der Waals surface area contributed by atoms with Crippen LogP contribution in [0.5, 0.6) is 0 Å². The van der Waals surface area contributed by atoms with Gasteiger partial charge in [-0.15, -0.1) is 0 Å². The van der Waals surface area contributed by atoms with E-state index in [1.807, 2.05) is 36.9 Å². The van der Waals surface area contributed by atoms with E-state index in [1.165, 1.54) is 5.56 Å². The van der Waals surface area contributed by atoms with Gasteiger partial charge in [-0.1, -0.05) is 37.3 Å². The molecule has 2 rings (SSSR count). The normalized spacial score (nSPS) is 24.9. The van der Waals surface area contributed by atoms with E-state index in [1.54, 1.807) is 0 Å². The quantitative estimate of drug-likeness (QED) is 0.886. The zero-order valence-corrected chi connectivity index (χ0v) is 12.3. The van der Waals surface area contributed by atoms with Crippen molar-refractivity contribution in [2.24, 2.45) is 5.92 Å². The number of hydrogen-bond acceptors (Lipinski definition) is 2. The van der Waals surface area contributed by atoms with E-state index in [-0.39, 0.29) is 11.9 Å². The zero-order chi connectivity index (χ0) is 14.0. The minimum absolute atomic E-state index is 0.121. The van der Waals surface area contributed by atoms with Crippen molar-refractivity contribution in [3.05, 3.63) is 35.9 Å². The third-order valence-corrected chi connectivity index (χ3v) is 3.95. The largest absolute Gasteiger partial charge is 0.334 e. The summed E-state index contributed by atoms with van der Waals surface area (Å²) in [6.45, 7) is 9.94. The minimum Gasteiger partial charge on any atom is -0.334 e. The van der Waals surface area contributed by atoms with E-state index in [2.05, 4.69) is 31.3 Å². The second-order valence-electron chi connectivity index (χ2n) is 6.16. The molecule has 19 heavy (non-hydrogen) atoms. The minimum atomic E-state index is -0.478. The summed E-state index contributed by atoms with van der Waals surface area (Å²) in [6, 6.07) is 10.4. The second-order valence-corrected chi connectivity index (χ2v) is 6.16. The Balaban J connectivity index is 2.28. The number of carbonyl (C=O) groups is 1. The number of nitrogens with one attached hydrogen (secondary N) is 1. The van der Waals surface area contributed by atoms with E-state index < -0.39 is 5.54 Å². The van der Waals surface area contributed by atoms with Crippen LogP contribution in [0.3, 0.4) is 0 Å². The maximum Gasteiger partial charge on any atom is 0.242 e. The van der Waals surface area contributed by atoms with Crippen molar-refractivity contribution in [1.29, 1.82) is 0 Å². The molecule has 0 spiro atoms. The van der Waals surface area contributed by atoms with Crippen molar-refractivity contribution in [2.75, 3.05) is 13.1 Å². The van der Waals surface area contributed by atoms with E-state index in [9.17, 15) is 4.79 Å². The van der Waals surface area contributed by atoms with Gasteiger partial charge in [-0.25, -0.2) is 0 Å². The fraction of sp³-hybridized carbons (Fsp3) is 0.562. The van der Waals surface area contributed by atoms with Crippen molar-refractivity contribution in [3.63, 3.8) is 0 Å². The molecule has 2 unspecified atom stereocenters. The summed E-state index contributed by atoms with van der Waals surface area (Å²) in [7, 11) is 0. The molecule has 1 aliphatic heterocycles. The molecule has 1 N–H and O–H groups in total. The molecule has 3 heteroatoms. The number of nitrogens with zero attached hydrogens (tertiary/aromatic N) is 1. The highest BCUT2D eigenvalue weighted by Crippen LogP contribution is 2.26. The summed E-state index contributed by atoms with van der Waals surface area (Å²) in [5, 5.41) is 3.37. The molecule has 1 aromatic carbocycles. The lowest BCUT2D eigenvalue weighted by Crippen LogP contribution is -2.52. The molecule has 1 heterocycles. The molecule has 0 aliphatic carbocycles. The van der Waals surface area contributed by atoms with Crippen LogP contribution >= 0.6 is 0 Å². The van der Waals surface area contributed by atoms with Crippen LogP contribution in [-0.2, 0) is 4.79 Å². The average Bonchev–Trinajstić information content (AvgIpc) is 2.51. The molecule has 0 bridgehead atoms. The molecule has 0 saturated carbocycles. The Morgan fingerprint density at radius 2 is 1.95 bits per heavy atom. The van der Waals surface area contributed by atoms with E-state index in [4.69, 9.17) is 0 Å². The number of rotatable bonds is 2. The zero-order valence-electron chi connectivity index (χ0n) is 12.3. The molecular weight excluding hydrogens is 236 g/mol. The van der Waals surface area contributed by atoms with Gasteiger partial charge in [-0.2, -0.15) is 0 Å². The van der Waals surface area contributed by atoms with Crippen LogP contribution in [0.4, 0.5) is 0 Å². The van der Waals surface area contributed by atoms with Gasteiger partial charge >= 0.3 is 0 Å². The van der Waals surface area contributed by atoms with Crippen LogP contribution in [0.1, 0.15) is 39.3 Å². The van der Waals surface area contributed by atoms with E-state index in [0.717, 1.165) is 13.1 Å². The summed E-state index contributed by atoms with van der Waals surface area (Å²) in [4.78, 5) is 14.7. The fourth-order valence-corrected chi connectivity index (χ4v) is 2.59. The van der Waals surface area contributed by atoms with Crippen molar-refractivity contribution in [3.8, 4) is 0 Å². The number of amides is 1. The first-order valence-corrected chi connectivity index (χ1v) is 7.03. The molecule has 1 aliphatic rings. The van der Waals surface area contributed by atoms with E-state index in [0.29, 0.717) is 5.92 Å². The highest BCUT2D eigenvalue weighted by molar-refractivity contribution is 5.86.